The topological polar surface area (TPSA) is 43.1 Å². The monoisotopic (exact) mass is 291 g/mol. The van der Waals surface area contributed by atoms with E-state index in [1.807, 2.05) is 12.1 Å². The van der Waals surface area contributed by atoms with Gasteiger partial charge in [0.15, 0.2) is 5.78 Å². The number of ketones is 1. The van der Waals surface area contributed by atoms with E-state index in [4.69, 9.17) is 17.3 Å². The van der Waals surface area contributed by atoms with Crippen LogP contribution in [0.5, 0.6) is 0 Å². The van der Waals surface area contributed by atoms with E-state index in [9.17, 15) is 9.18 Å². The third kappa shape index (κ3) is 3.65. The maximum Gasteiger partial charge on any atom is 0.167 e. The van der Waals surface area contributed by atoms with E-state index < -0.39 is 5.82 Å². The molecule has 0 saturated heterocycles. The lowest BCUT2D eigenvalue weighted by molar-refractivity contribution is 0.0993. The van der Waals surface area contributed by atoms with Crippen molar-refractivity contribution in [2.24, 2.45) is 5.73 Å². The highest BCUT2D eigenvalue weighted by Crippen LogP contribution is 2.19. The Labute approximate surface area is 122 Å². The second kappa shape index (κ2) is 6.64. The minimum atomic E-state index is -0.393. The summed E-state index contributed by atoms with van der Waals surface area (Å²) in [6.07, 6.45) is 0.872. The summed E-state index contributed by atoms with van der Waals surface area (Å²) in [5.74, 6) is -0.479. The molecule has 104 valence electrons. The number of halogens is 2. The van der Waals surface area contributed by atoms with Gasteiger partial charge in [0.1, 0.15) is 5.82 Å². The van der Waals surface area contributed by atoms with Gasteiger partial charge in [-0.25, -0.2) is 4.39 Å². The van der Waals surface area contributed by atoms with Crippen LogP contribution in [-0.2, 0) is 12.8 Å². The number of nitrogens with two attached hydrogens (primary N) is 1. The highest BCUT2D eigenvalue weighted by molar-refractivity contribution is 6.31. The molecule has 4 heteroatoms. The first kappa shape index (κ1) is 14.7. The van der Waals surface area contributed by atoms with Gasteiger partial charge in [-0.1, -0.05) is 35.9 Å². The fourth-order valence-electron chi connectivity index (χ4n) is 1.98. The molecule has 0 saturated carbocycles. The number of carbonyl (C=O) groups is 1. The van der Waals surface area contributed by atoms with Crippen LogP contribution in [0.25, 0.3) is 0 Å². The SMILES string of the molecule is NCCc1ccc(C(=O)Cc2cc(F)ccc2Cl)cc1. The third-order valence-corrected chi connectivity index (χ3v) is 3.44. The average Bonchev–Trinajstić information content (AvgIpc) is 2.44. The van der Waals surface area contributed by atoms with Crippen LogP contribution in [0.15, 0.2) is 42.5 Å². The molecule has 0 spiro atoms. The molecule has 0 aliphatic carbocycles. The molecule has 2 rings (SSSR count). The Morgan fingerprint density at radius 3 is 2.50 bits per heavy atom. The van der Waals surface area contributed by atoms with Crippen molar-refractivity contribution in [3.05, 3.63) is 70.0 Å². The lowest BCUT2D eigenvalue weighted by Gasteiger charge is -2.05. The van der Waals surface area contributed by atoms with Gasteiger partial charge in [-0.2, -0.15) is 0 Å². The van der Waals surface area contributed by atoms with Crippen molar-refractivity contribution in [1.82, 2.24) is 0 Å². The van der Waals surface area contributed by atoms with Crippen LogP contribution in [0.3, 0.4) is 0 Å². The fourth-order valence-corrected chi connectivity index (χ4v) is 2.16. The second-order valence-corrected chi connectivity index (χ2v) is 4.98. The zero-order valence-corrected chi connectivity index (χ0v) is 11.7. The highest BCUT2D eigenvalue weighted by Gasteiger charge is 2.10. The van der Waals surface area contributed by atoms with E-state index >= 15 is 0 Å². The largest absolute Gasteiger partial charge is 0.330 e. The number of Topliss-reactive ketones (excluding diaryl/α,β-unsaturated/α-hetero) is 1. The Hall–Kier alpha value is -1.71. The Kier molecular flexibility index (Phi) is 4.88. The van der Waals surface area contributed by atoms with Crippen molar-refractivity contribution < 1.29 is 9.18 Å². The minimum absolute atomic E-state index is 0.0863. The maximum absolute atomic E-state index is 13.2. The molecule has 0 bridgehead atoms. The molecule has 2 N–H and O–H groups in total. The lowest BCUT2D eigenvalue weighted by atomic mass is 10.0. The predicted octanol–water partition coefficient (Wildman–Crippen LogP) is 3.41. The molecule has 0 unspecified atom stereocenters. The smallest absolute Gasteiger partial charge is 0.167 e. The number of benzene rings is 2. The summed E-state index contributed by atoms with van der Waals surface area (Å²) in [5, 5.41) is 0.402. The van der Waals surface area contributed by atoms with E-state index in [2.05, 4.69) is 0 Å². The first-order valence-corrected chi connectivity index (χ1v) is 6.74. The number of hydrogen-bond donors (Lipinski definition) is 1. The normalized spacial score (nSPS) is 10.6. The van der Waals surface area contributed by atoms with Gasteiger partial charge in [0.25, 0.3) is 0 Å². The summed E-state index contributed by atoms with van der Waals surface area (Å²) in [6, 6.07) is 11.3. The Morgan fingerprint density at radius 2 is 1.85 bits per heavy atom. The van der Waals surface area contributed by atoms with Crippen molar-refractivity contribution in [2.75, 3.05) is 6.54 Å². The molecule has 0 aromatic heterocycles. The fraction of sp³-hybridized carbons (Fsp3) is 0.188. The van der Waals surface area contributed by atoms with Crippen LogP contribution >= 0.6 is 11.6 Å². The van der Waals surface area contributed by atoms with Crippen molar-refractivity contribution in [2.45, 2.75) is 12.8 Å². The van der Waals surface area contributed by atoms with Crippen LogP contribution in [0.1, 0.15) is 21.5 Å². The van der Waals surface area contributed by atoms with Crippen LogP contribution in [0.4, 0.5) is 4.39 Å². The third-order valence-electron chi connectivity index (χ3n) is 3.07. The van der Waals surface area contributed by atoms with Gasteiger partial charge in [0.2, 0.25) is 0 Å². The molecule has 0 aliphatic rings. The molecule has 2 aromatic carbocycles. The first-order valence-electron chi connectivity index (χ1n) is 6.36. The van der Waals surface area contributed by atoms with E-state index in [1.165, 1.54) is 18.2 Å². The van der Waals surface area contributed by atoms with Crippen molar-refractivity contribution in [3.8, 4) is 0 Å². The van der Waals surface area contributed by atoms with Crippen molar-refractivity contribution in [1.29, 1.82) is 0 Å². The first-order chi connectivity index (χ1) is 9.60. The lowest BCUT2D eigenvalue weighted by Crippen LogP contribution is -2.06. The van der Waals surface area contributed by atoms with Gasteiger partial charge in [0.05, 0.1) is 0 Å². The van der Waals surface area contributed by atoms with Gasteiger partial charge in [-0.15, -0.1) is 0 Å². The summed E-state index contributed by atoms with van der Waals surface area (Å²) in [5.41, 5.74) is 7.66. The summed E-state index contributed by atoms with van der Waals surface area (Å²) >= 11 is 5.96. The highest BCUT2D eigenvalue weighted by atomic mass is 35.5. The van der Waals surface area contributed by atoms with Crippen LogP contribution in [-0.4, -0.2) is 12.3 Å². The van der Waals surface area contributed by atoms with E-state index in [1.54, 1.807) is 12.1 Å². The molecule has 20 heavy (non-hydrogen) atoms. The minimum Gasteiger partial charge on any atom is -0.330 e. The van der Waals surface area contributed by atoms with E-state index in [0.717, 1.165) is 12.0 Å². The summed E-state index contributed by atoms with van der Waals surface area (Å²) in [4.78, 5) is 12.1. The molecule has 0 fully saturated rings. The quantitative estimate of drug-likeness (QED) is 0.858. The van der Waals surface area contributed by atoms with E-state index in [-0.39, 0.29) is 12.2 Å². The molecule has 0 atom stereocenters. The molecular weight excluding hydrogens is 277 g/mol. The maximum atomic E-state index is 13.2. The van der Waals surface area contributed by atoms with Crippen molar-refractivity contribution >= 4 is 17.4 Å². The van der Waals surface area contributed by atoms with Gasteiger partial charge in [-0.3, -0.25) is 4.79 Å². The summed E-state index contributed by atoms with van der Waals surface area (Å²) < 4.78 is 13.2. The van der Waals surface area contributed by atoms with Crippen LogP contribution < -0.4 is 5.73 Å². The molecule has 0 amide bonds. The summed E-state index contributed by atoms with van der Waals surface area (Å²) in [6.45, 7) is 0.576. The molecular formula is C16H15ClFNO. The second-order valence-electron chi connectivity index (χ2n) is 4.57. The van der Waals surface area contributed by atoms with E-state index in [0.29, 0.717) is 22.7 Å². The summed E-state index contributed by atoms with van der Waals surface area (Å²) in [7, 11) is 0. The Bertz CT molecular complexity index is 610. The van der Waals surface area contributed by atoms with Crippen molar-refractivity contribution in [3.63, 3.8) is 0 Å². The number of rotatable bonds is 5. The standard InChI is InChI=1S/C16H15ClFNO/c17-15-6-5-14(18)9-13(15)10-16(20)12-3-1-11(2-4-12)7-8-19/h1-6,9H,7-8,10,19H2. The Balaban J connectivity index is 2.13. The zero-order valence-electron chi connectivity index (χ0n) is 10.9. The average molecular weight is 292 g/mol. The number of carbonyl (C=O) groups excluding carboxylic acids is 1. The van der Waals surface area contributed by atoms with Gasteiger partial charge in [0, 0.05) is 17.0 Å². The zero-order chi connectivity index (χ0) is 14.5. The van der Waals surface area contributed by atoms with Crippen LogP contribution in [0, 0.1) is 5.82 Å². The molecule has 2 nitrogen and oxygen atoms in total. The molecule has 0 radical (unpaired) electrons. The Morgan fingerprint density at radius 1 is 1.15 bits per heavy atom. The molecule has 0 heterocycles. The molecule has 0 aliphatic heterocycles. The van der Waals surface area contributed by atoms with Gasteiger partial charge >= 0.3 is 0 Å². The predicted molar refractivity (Wildman–Crippen MR) is 78.6 cm³/mol. The number of hydrogen-bond acceptors (Lipinski definition) is 2. The van der Waals surface area contributed by atoms with Gasteiger partial charge < -0.3 is 5.73 Å². The van der Waals surface area contributed by atoms with Crippen LogP contribution in [0.2, 0.25) is 5.02 Å². The molecule has 2 aromatic rings. The van der Waals surface area contributed by atoms with Gasteiger partial charge in [-0.05, 0) is 42.3 Å².